The van der Waals surface area contributed by atoms with E-state index in [2.05, 4.69) is 5.32 Å². The van der Waals surface area contributed by atoms with Crippen LogP contribution in [-0.2, 0) is 16.1 Å². The average Bonchev–Trinajstić information content (AvgIpc) is 3.52. The van der Waals surface area contributed by atoms with Gasteiger partial charge in [-0.2, -0.15) is 0 Å². The van der Waals surface area contributed by atoms with Gasteiger partial charge in [0.2, 0.25) is 11.8 Å². The number of halogens is 1. The molecule has 2 aromatic carbocycles. The molecule has 3 amide bonds. The molecule has 33 heavy (non-hydrogen) atoms. The Morgan fingerprint density at radius 2 is 1.70 bits per heavy atom. The molecule has 0 bridgehead atoms. The number of rotatable bonds is 6. The first-order valence-electron chi connectivity index (χ1n) is 11.3. The van der Waals surface area contributed by atoms with Gasteiger partial charge in [-0.25, -0.2) is 4.39 Å². The molecule has 4 rings (SSSR count). The zero-order valence-electron chi connectivity index (χ0n) is 18.6. The molecule has 2 atom stereocenters. The van der Waals surface area contributed by atoms with Crippen LogP contribution in [0.3, 0.4) is 0 Å². The van der Waals surface area contributed by atoms with Crippen molar-refractivity contribution in [2.24, 2.45) is 0 Å². The Morgan fingerprint density at radius 1 is 1.00 bits per heavy atom. The van der Waals surface area contributed by atoms with Crippen LogP contribution in [0.2, 0.25) is 0 Å². The van der Waals surface area contributed by atoms with Crippen molar-refractivity contribution in [3.05, 3.63) is 65.5 Å². The zero-order valence-corrected chi connectivity index (χ0v) is 18.6. The van der Waals surface area contributed by atoms with Gasteiger partial charge in [0.1, 0.15) is 23.7 Å². The number of methoxy groups -OCH3 is 1. The molecule has 0 aromatic heterocycles. The maximum atomic E-state index is 13.4. The standard InChI is InChI=1S/C25H28FN3O4/c1-33-20-6-2-5-17(15-20)16-27-23(30)21-7-3-13-28(21)25(32)22-8-4-14-29(22)24(31)18-9-11-19(26)12-10-18/h2,5-6,9-12,15,21-22H,3-4,7-8,13-14,16H2,1H3,(H,27,30)/t21-,22-/m1/s1. The first-order valence-corrected chi connectivity index (χ1v) is 11.3. The lowest BCUT2D eigenvalue weighted by molar-refractivity contribution is -0.141. The van der Waals surface area contributed by atoms with Gasteiger partial charge in [-0.15, -0.1) is 0 Å². The van der Waals surface area contributed by atoms with Crippen LogP contribution in [0.5, 0.6) is 5.75 Å². The van der Waals surface area contributed by atoms with Crippen LogP contribution in [-0.4, -0.2) is 59.8 Å². The largest absolute Gasteiger partial charge is 0.497 e. The van der Waals surface area contributed by atoms with Crippen molar-refractivity contribution in [1.29, 1.82) is 0 Å². The van der Waals surface area contributed by atoms with E-state index >= 15 is 0 Å². The monoisotopic (exact) mass is 453 g/mol. The predicted octanol–water partition coefficient (Wildman–Crippen LogP) is 2.75. The summed E-state index contributed by atoms with van der Waals surface area (Å²) in [6.45, 7) is 1.30. The fraction of sp³-hybridized carbons (Fsp3) is 0.400. The molecule has 0 spiro atoms. The van der Waals surface area contributed by atoms with E-state index in [0.29, 0.717) is 50.2 Å². The number of benzene rings is 2. The van der Waals surface area contributed by atoms with Crippen molar-refractivity contribution in [1.82, 2.24) is 15.1 Å². The van der Waals surface area contributed by atoms with Crippen molar-refractivity contribution in [2.75, 3.05) is 20.2 Å². The Hall–Kier alpha value is -3.42. The van der Waals surface area contributed by atoms with Gasteiger partial charge in [-0.3, -0.25) is 14.4 Å². The molecule has 0 saturated carbocycles. The minimum Gasteiger partial charge on any atom is -0.497 e. The van der Waals surface area contributed by atoms with Gasteiger partial charge in [0.25, 0.3) is 5.91 Å². The SMILES string of the molecule is COc1cccc(CNC(=O)[C@H]2CCCN2C(=O)[C@H]2CCCN2C(=O)c2ccc(F)cc2)c1. The second-order valence-electron chi connectivity index (χ2n) is 8.42. The lowest BCUT2D eigenvalue weighted by Gasteiger charge is -2.31. The smallest absolute Gasteiger partial charge is 0.254 e. The number of nitrogens with zero attached hydrogens (tertiary/aromatic N) is 2. The Labute approximate surface area is 192 Å². The second kappa shape index (κ2) is 10.0. The number of carbonyl (C=O) groups is 3. The van der Waals surface area contributed by atoms with Crippen LogP contribution < -0.4 is 10.1 Å². The van der Waals surface area contributed by atoms with Crippen molar-refractivity contribution in [2.45, 2.75) is 44.3 Å². The summed E-state index contributed by atoms with van der Waals surface area (Å²) in [6, 6.07) is 11.6. The van der Waals surface area contributed by atoms with Crippen LogP contribution >= 0.6 is 0 Å². The lowest BCUT2D eigenvalue weighted by atomic mass is 10.1. The van der Waals surface area contributed by atoms with Crippen LogP contribution in [0, 0.1) is 5.82 Å². The Bertz CT molecular complexity index is 1030. The van der Waals surface area contributed by atoms with Crippen molar-refractivity contribution < 1.29 is 23.5 Å². The number of likely N-dealkylation sites (tertiary alicyclic amines) is 2. The van der Waals surface area contributed by atoms with Crippen LogP contribution in [0.1, 0.15) is 41.6 Å². The molecule has 1 N–H and O–H groups in total. The number of carbonyl (C=O) groups excluding carboxylic acids is 3. The number of hydrogen-bond donors (Lipinski definition) is 1. The van der Waals surface area contributed by atoms with Crippen LogP contribution in [0.15, 0.2) is 48.5 Å². The topological polar surface area (TPSA) is 79.0 Å². The normalized spacial score (nSPS) is 20.1. The molecule has 0 aliphatic carbocycles. The minimum absolute atomic E-state index is 0.193. The molecule has 7 nitrogen and oxygen atoms in total. The minimum atomic E-state index is -0.602. The molecule has 8 heteroatoms. The van der Waals surface area contributed by atoms with E-state index in [1.165, 1.54) is 24.3 Å². The maximum Gasteiger partial charge on any atom is 0.254 e. The lowest BCUT2D eigenvalue weighted by Crippen LogP contribution is -2.52. The third-order valence-electron chi connectivity index (χ3n) is 6.33. The Balaban J connectivity index is 1.41. The summed E-state index contributed by atoms with van der Waals surface area (Å²) in [5.74, 6) is -0.379. The van der Waals surface area contributed by atoms with Gasteiger partial charge in [0, 0.05) is 25.2 Å². The average molecular weight is 454 g/mol. The highest BCUT2D eigenvalue weighted by Gasteiger charge is 2.42. The summed E-state index contributed by atoms with van der Waals surface area (Å²) < 4.78 is 18.5. The maximum absolute atomic E-state index is 13.4. The Morgan fingerprint density at radius 3 is 2.42 bits per heavy atom. The summed E-state index contributed by atoms with van der Waals surface area (Å²) in [5, 5.41) is 2.93. The van der Waals surface area contributed by atoms with E-state index in [4.69, 9.17) is 4.74 Å². The predicted molar refractivity (Wildman–Crippen MR) is 120 cm³/mol. The van der Waals surface area contributed by atoms with Crippen LogP contribution in [0.25, 0.3) is 0 Å². The molecule has 2 aliphatic heterocycles. The fourth-order valence-electron chi connectivity index (χ4n) is 4.61. The molecule has 2 aliphatic rings. The van der Waals surface area contributed by atoms with E-state index in [0.717, 1.165) is 12.0 Å². The van der Waals surface area contributed by atoms with Gasteiger partial charge >= 0.3 is 0 Å². The molecule has 2 heterocycles. The van der Waals surface area contributed by atoms with Gasteiger partial charge in [-0.05, 0) is 67.6 Å². The number of hydrogen-bond acceptors (Lipinski definition) is 4. The number of nitrogens with one attached hydrogen (secondary N) is 1. The molecule has 0 unspecified atom stereocenters. The van der Waals surface area contributed by atoms with Gasteiger partial charge < -0.3 is 19.9 Å². The first-order chi connectivity index (χ1) is 16.0. The number of ether oxygens (including phenoxy) is 1. The third kappa shape index (κ3) is 4.99. The first kappa shape index (κ1) is 22.8. The quantitative estimate of drug-likeness (QED) is 0.730. The van der Waals surface area contributed by atoms with Gasteiger partial charge in [0.05, 0.1) is 7.11 Å². The van der Waals surface area contributed by atoms with Crippen molar-refractivity contribution in [3.63, 3.8) is 0 Å². The summed E-state index contributed by atoms with van der Waals surface area (Å²) >= 11 is 0. The van der Waals surface area contributed by atoms with Crippen molar-refractivity contribution >= 4 is 17.7 Å². The number of amides is 3. The van der Waals surface area contributed by atoms with E-state index in [9.17, 15) is 18.8 Å². The molecule has 2 fully saturated rings. The highest BCUT2D eigenvalue weighted by Crippen LogP contribution is 2.26. The van der Waals surface area contributed by atoms with Crippen molar-refractivity contribution in [3.8, 4) is 5.75 Å². The summed E-state index contributed by atoms with van der Waals surface area (Å²) in [7, 11) is 1.59. The second-order valence-corrected chi connectivity index (χ2v) is 8.42. The molecular formula is C25H28FN3O4. The molecule has 0 radical (unpaired) electrons. The van der Waals surface area contributed by atoms with E-state index in [-0.39, 0.29) is 17.7 Å². The van der Waals surface area contributed by atoms with E-state index in [1.807, 2.05) is 24.3 Å². The fourth-order valence-corrected chi connectivity index (χ4v) is 4.61. The summed E-state index contributed by atoms with van der Waals surface area (Å²) in [6.07, 6.45) is 2.60. The summed E-state index contributed by atoms with van der Waals surface area (Å²) in [5.41, 5.74) is 1.26. The van der Waals surface area contributed by atoms with E-state index < -0.39 is 17.9 Å². The molecule has 2 aromatic rings. The molecular weight excluding hydrogens is 425 g/mol. The third-order valence-corrected chi connectivity index (χ3v) is 6.33. The molecule has 2 saturated heterocycles. The zero-order chi connectivity index (χ0) is 23.4. The van der Waals surface area contributed by atoms with Crippen LogP contribution in [0.4, 0.5) is 4.39 Å². The van der Waals surface area contributed by atoms with Gasteiger partial charge in [0.15, 0.2) is 0 Å². The highest BCUT2D eigenvalue weighted by molar-refractivity contribution is 5.99. The highest BCUT2D eigenvalue weighted by atomic mass is 19.1. The molecule has 174 valence electrons. The van der Waals surface area contributed by atoms with Gasteiger partial charge in [-0.1, -0.05) is 12.1 Å². The Kier molecular flexibility index (Phi) is 6.91. The summed E-state index contributed by atoms with van der Waals surface area (Å²) in [4.78, 5) is 42.4. The van der Waals surface area contributed by atoms with E-state index in [1.54, 1.807) is 16.9 Å².